The number of urea groups is 1. The van der Waals surface area contributed by atoms with Crippen LogP contribution in [0.3, 0.4) is 0 Å². The summed E-state index contributed by atoms with van der Waals surface area (Å²) in [6, 6.07) is 1.78. The lowest BCUT2D eigenvalue weighted by Gasteiger charge is -2.23. The molecular weight excluding hydrogens is 278 g/mol. The van der Waals surface area contributed by atoms with Crippen LogP contribution in [0.15, 0.2) is 18.3 Å². The largest absolute Gasteiger partial charge is 0.476 e. The van der Waals surface area contributed by atoms with Crippen LogP contribution in [0.1, 0.15) is 23.3 Å². The number of hydrogen-bond donors (Lipinski definition) is 2. The normalized spacial score (nSPS) is 17.4. The smallest absolute Gasteiger partial charge is 0.356 e. The topological polar surface area (TPSA) is 109 Å². The standard InChI is InChI=1S/C13H15N3O5/c1-21-12(19)9-5-3-7-16(9)13(20)15-8-4-2-6-14-10(8)11(17)18/h2,4,6,9H,3,5,7H2,1H3,(H,15,20)(H,17,18). The number of carboxylic acid groups (broad SMARTS) is 1. The number of pyridine rings is 1. The van der Waals surface area contributed by atoms with Crippen molar-refractivity contribution in [2.24, 2.45) is 0 Å². The van der Waals surface area contributed by atoms with E-state index in [4.69, 9.17) is 5.11 Å². The highest BCUT2D eigenvalue weighted by atomic mass is 16.5. The van der Waals surface area contributed by atoms with Crippen molar-refractivity contribution in [3.8, 4) is 0 Å². The van der Waals surface area contributed by atoms with E-state index in [9.17, 15) is 14.4 Å². The van der Waals surface area contributed by atoms with E-state index >= 15 is 0 Å². The predicted octanol–water partition coefficient (Wildman–Crippen LogP) is 0.949. The highest BCUT2D eigenvalue weighted by molar-refractivity contribution is 5.99. The molecule has 0 spiro atoms. The molecule has 2 amide bonds. The van der Waals surface area contributed by atoms with Crippen LogP contribution in [0.25, 0.3) is 0 Å². The first-order chi connectivity index (χ1) is 10.0. The fraction of sp³-hybridized carbons (Fsp3) is 0.385. The Balaban J connectivity index is 2.15. The number of hydrogen-bond acceptors (Lipinski definition) is 5. The van der Waals surface area contributed by atoms with Gasteiger partial charge in [0.2, 0.25) is 0 Å². The van der Waals surface area contributed by atoms with Gasteiger partial charge in [-0.2, -0.15) is 0 Å². The Morgan fingerprint density at radius 1 is 1.48 bits per heavy atom. The van der Waals surface area contributed by atoms with Crippen LogP contribution < -0.4 is 5.32 Å². The van der Waals surface area contributed by atoms with Crippen molar-refractivity contribution < 1.29 is 24.2 Å². The first kappa shape index (κ1) is 14.8. The van der Waals surface area contributed by atoms with Crippen molar-refractivity contribution in [3.63, 3.8) is 0 Å². The molecule has 112 valence electrons. The third kappa shape index (κ3) is 3.10. The molecule has 1 aliphatic rings. The number of likely N-dealkylation sites (tertiary alicyclic amines) is 1. The van der Waals surface area contributed by atoms with Crippen LogP contribution in [0.5, 0.6) is 0 Å². The molecule has 0 aliphatic carbocycles. The second kappa shape index (κ2) is 6.21. The zero-order chi connectivity index (χ0) is 15.4. The number of ether oxygens (including phenoxy) is 1. The molecule has 0 saturated carbocycles. The minimum Gasteiger partial charge on any atom is -0.476 e. The van der Waals surface area contributed by atoms with Crippen molar-refractivity contribution >= 4 is 23.7 Å². The predicted molar refractivity (Wildman–Crippen MR) is 72.0 cm³/mol. The summed E-state index contributed by atoms with van der Waals surface area (Å²) in [4.78, 5) is 39.9. The summed E-state index contributed by atoms with van der Waals surface area (Å²) in [5.41, 5.74) is -0.162. The molecule has 2 heterocycles. The Morgan fingerprint density at radius 2 is 2.24 bits per heavy atom. The summed E-state index contributed by atoms with van der Waals surface area (Å²) in [6.07, 6.45) is 2.54. The number of anilines is 1. The average molecular weight is 293 g/mol. The molecule has 1 unspecified atom stereocenters. The molecule has 1 saturated heterocycles. The summed E-state index contributed by atoms with van der Waals surface area (Å²) in [7, 11) is 1.26. The summed E-state index contributed by atoms with van der Waals surface area (Å²) in [6.45, 7) is 0.411. The van der Waals surface area contributed by atoms with Crippen LogP contribution in [0, 0.1) is 0 Å². The quantitative estimate of drug-likeness (QED) is 0.803. The minimum atomic E-state index is -1.24. The van der Waals surface area contributed by atoms with Gasteiger partial charge in [-0.3, -0.25) is 0 Å². The zero-order valence-electron chi connectivity index (χ0n) is 11.4. The summed E-state index contributed by atoms with van der Waals surface area (Å²) < 4.78 is 4.66. The van der Waals surface area contributed by atoms with E-state index in [0.29, 0.717) is 19.4 Å². The van der Waals surface area contributed by atoms with Gasteiger partial charge in [0, 0.05) is 12.7 Å². The van der Waals surface area contributed by atoms with Crippen LogP contribution in [-0.4, -0.2) is 52.7 Å². The van der Waals surface area contributed by atoms with Gasteiger partial charge in [0.05, 0.1) is 12.8 Å². The number of aromatic carboxylic acids is 1. The highest BCUT2D eigenvalue weighted by Crippen LogP contribution is 2.20. The molecule has 8 heteroatoms. The maximum atomic E-state index is 12.2. The number of aromatic nitrogens is 1. The van der Waals surface area contributed by atoms with E-state index in [2.05, 4.69) is 15.0 Å². The molecule has 0 aromatic carbocycles. The monoisotopic (exact) mass is 293 g/mol. The molecule has 21 heavy (non-hydrogen) atoms. The van der Waals surface area contributed by atoms with E-state index in [-0.39, 0.29) is 11.4 Å². The first-order valence-electron chi connectivity index (χ1n) is 6.38. The molecule has 1 aromatic heterocycles. The number of carboxylic acids is 1. The third-order valence-electron chi connectivity index (χ3n) is 3.24. The molecule has 2 N–H and O–H groups in total. The summed E-state index contributed by atoms with van der Waals surface area (Å²) >= 11 is 0. The molecule has 0 bridgehead atoms. The molecule has 1 aromatic rings. The Bertz CT molecular complexity index is 575. The van der Waals surface area contributed by atoms with Gasteiger partial charge >= 0.3 is 18.0 Å². The molecule has 8 nitrogen and oxygen atoms in total. The van der Waals surface area contributed by atoms with Gasteiger partial charge in [-0.15, -0.1) is 0 Å². The van der Waals surface area contributed by atoms with Gasteiger partial charge in [-0.05, 0) is 25.0 Å². The SMILES string of the molecule is COC(=O)C1CCCN1C(=O)Nc1cccnc1C(=O)O. The van der Waals surface area contributed by atoms with Gasteiger partial charge < -0.3 is 20.1 Å². The average Bonchev–Trinajstić information content (AvgIpc) is 2.96. The Kier molecular flexibility index (Phi) is 4.36. The third-order valence-corrected chi connectivity index (χ3v) is 3.24. The van der Waals surface area contributed by atoms with Gasteiger partial charge in [-0.1, -0.05) is 0 Å². The van der Waals surface area contributed by atoms with E-state index in [1.165, 1.54) is 30.3 Å². The maximum absolute atomic E-state index is 12.2. The number of amides is 2. The molecule has 2 rings (SSSR count). The Morgan fingerprint density at radius 3 is 2.90 bits per heavy atom. The number of methoxy groups -OCH3 is 1. The number of nitrogens with zero attached hydrogens (tertiary/aromatic N) is 2. The minimum absolute atomic E-state index is 0.0884. The number of rotatable bonds is 3. The highest BCUT2D eigenvalue weighted by Gasteiger charge is 2.35. The first-order valence-corrected chi connectivity index (χ1v) is 6.38. The van der Waals surface area contributed by atoms with Crippen molar-refractivity contribution in [2.75, 3.05) is 19.0 Å². The Labute approximate surface area is 120 Å². The lowest BCUT2D eigenvalue weighted by atomic mass is 10.2. The van der Waals surface area contributed by atoms with Crippen molar-refractivity contribution in [2.45, 2.75) is 18.9 Å². The molecule has 1 atom stereocenters. The van der Waals surface area contributed by atoms with E-state index < -0.39 is 24.0 Å². The lowest BCUT2D eigenvalue weighted by Crippen LogP contribution is -2.43. The summed E-state index contributed by atoms with van der Waals surface area (Å²) in [5, 5.41) is 11.5. The number of nitrogens with one attached hydrogen (secondary N) is 1. The van der Waals surface area contributed by atoms with Crippen LogP contribution in [0.2, 0.25) is 0 Å². The van der Waals surface area contributed by atoms with Crippen molar-refractivity contribution in [3.05, 3.63) is 24.0 Å². The van der Waals surface area contributed by atoms with Gasteiger partial charge in [-0.25, -0.2) is 19.4 Å². The number of esters is 1. The summed E-state index contributed by atoms with van der Waals surface area (Å²) in [5.74, 6) is -1.72. The fourth-order valence-electron chi connectivity index (χ4n) is 2.25. The van der Waals surface area contributed by atoms with E-state index in [0.717, 1.165) is 0 Å². The number of carbonyl (C=O) groups is 3. The van der Waals surface area contributed by atoms with Crippen molar-refractivity contribution in [1.29, 1.82) is 0 Å². The van der Waals surface area contributed by atoms with Gasteiger partial charge in [0.15, 0.2) is 5.69 Å². The van der Waals surface area contributed by atoms with Crippen molar-refractivity contribution in [1.82, 2.24) is 9.88 Å². The zero-order valence-corrected chi connectivity index (χ0v) is 11.4. The molecule has 0 radical (unpaired) electrons. The number of carbonyl (C=O) groups excluding carboxylic acids is 2. The Hall–Kier alpha value is -2.64. The van der Waals surface area contributed by atoms with Crippen LogP contribution in [-0.2, 0) is 9.53 Å². The molecule has 1 fully saturated rings. The lowest BCUT2D eigenvalue weighted by molar-refractivity contribution is -0.144. The molecular formula is C13H15N3O5. The second-order valence-electron chi connectivity index (χ2n) is 4.51. The molecule has 1 aliphatic heterocycles. The van der Waals surface area contributed by atoms with E-state index in [1.807, 2.05) is 0 Å². The van der Waals surface area contributed by atoms with Crippen LogP contribution in [0.4, 0.5) is 10.5 Å². The van der Waals surface area contributed by atoms with Crippen LogP contribution >= 0.6 is 0 Å². The van der Waals surface area contributed by atoms with Gasteiger partial charge in [0.1, 0.15) is 6.04 Å². The van der Waals surface area contributed by atoms with Gasteiger partial charge in [0.25, 0.3) is 0 Å². The maximum Gasteiger partial charge on any atom is 0.356 e. The fourth-order valence-corrected chi connectivity index (χ4v) is 2.25. The second-order valence-corrected chi connectivity index (χ2v) is 4.51. The van der Waals surface area contributed by atoms with E-state index in [1.54, 1.807) is 0 Å².